The van der Waals surface area contributed by atoms with Crippen LogP contribution in [0.4, 0.5) is 5.69 Å². The Labute approximate surface area is 213 Å². The third-order valence-electron chi connectivity index (χ3n) is 5.86. The van der Waals surface area contributed by atoms with E-state index in [1.165, 1.54) is 17.0 Å². The number of sulfonamides is 1. The fourth-order valence-corrected chi connectivity index (χ4v) is 5.37. The molecular formula is C28H33N3O4S. The molecule has 0 radical (unpaired) electrons. The molecule has 0 fully saturated rings. The van der Waals surface area contributed by atoms with Gasteiger partial charge in [0.2, 0.25) is 11.8 Å². The summed E-state index contributed by atoms with van der Waals surface area (Å²) in [4.78, 5) is 28.3. The number of anilines is 1. The normalized spacial score (nSPS) is 12.0. The van der Waals surface area contributed by atoms with Crippen molar-refractivity contribution in [3.63, 3.8) is 0 Å². The number of nitrogens with zero attached hydrogens (tertiary/aromatic N) is 2. The first-order chi connectivity index (χ1) is 17.3. The molecule has 0 aliphatic carbocycles. The van der Waals surface area contributed by atoms with Crippen LogP contribution in [-0.2, 0) is 26.2 Å². The number of benzene rings is 3. The average Bonchev–Trinajstić information content (AvgIpc) is 2.88. The van der Waals surface area contributed by atoms with Gasteiger partial charge in [-0.15, -0.1) is 0 Å². The molecule has 3 rings (SSSR count). The SMILES string of the molecule is CCNC(=O)C(CC)N(Cc1ccccc1)C(=O)CN(c1ccccc1)S(=O)(=O)c1ccc(C)cc1. The molecule has 0 aliphatic rings. The van der Waals surface area contributed by atoms with Gasteiger partial charge in [-0.05, 0) is 50.1 Å². The summed E-state index contributed by atoms with van der Waals surface area (Å²) < 4.78 is 28.5. The van der Waals surface area contributed by atoms with Crippen molar-refractivity contribution in [3.8, 4) is 0 Å². The Kier molecular flexibility index (Phi) is 9.25. The molecule has 190 valence electrons. The van der Waals surface area contributed by atoms with E-state index in [2.05, 4.69) is 5.32 Å². The third-order valence-corrected chi connectivity index (χ3v) is 7.65. The number of nitrogens with one attached hydrogen (secondary N) is 1. The number of hydrogen-bond acceptors (Lipinski definition) is 4. The van der Waals surface area contributed by atoms with E-state index in [1.54, 1.807) is 42.5 Å². The summed E-state index contributed by atoms with van der Waals surface area (Å²) in [6.07, 6.45) is 0.389. The predicted molar refractivity (Wildman–Crippen MR) is 142 cm³/mol. The van der Waals surface area contributed by atoms with E-state index in [4.69, 9.17) is 0 Å². The molecule has 0 bridgehead atoms. The van der Waals surface area contributed by atoms with E-state index in [0.29, 0.717) is 18.7 Å². The van der Waals surface area contributed by atoms with Gasteiger partial charge in [0, 0.05) is 13.1 Å². The van der Waals surface area contributed by atoms with E-state index < -0.39 is 28.5 Å². The van der Waals surface area contributed by atoms with E-state index in [-0.39, 0.29) is 17.3 Å². The lowest BCUT2D eigenvalue weighted by molar-refractivity contribution is -0.140. The van der Waals surface area contributed by atoms with Crippen molar-refractivity contribution in [1.29, 1.82) is 0 Å². The number of amides is 2. The first-order valence-corrected chi connectivity index (χ1v) is 13.5. The van der Waals surface area contributed by atoms with Crippen LogP contribution in [0.15, 0.2) is 89.8 Å². The van der Waals surface area contributed by atoms with Gasteiger partial charge < -0.3 is 10.2 Å². The maximum atomic E-state index is 13.8. The van der Waals surface area contributed by atoms with E-state index in [0.717, 1.165) is 15.4 Å². The molecule has 36 heavy (non-hydrogen) atoms. The van der Waals surface area contributed by atoms with Gasteiger partial charge in [0.05, 0.1) is 10.6 Å². The summed E-state index contributed by atoms with van der Waals surface area (Å²) in [5.41, 5.74) is 2.15. The van der Waals surface area contributed by atoms with Crippen LogP contribution in [0.2, 0.25) is 0 Å². The maximum Gasteiger partial charge on any atom is 0.264 e. The van der Waals surface area contributed by atoms with Gasteiger partial charge in [-0.1, -0.05) is 73.2 Å². The molecule has 1 atom stereocenters. The number of carbonyl (C=O) groups excluding carboxylic acids is 2. The van der Waals surface area contributed by atoms with Crippen LogP contribution >= 0.6 is 0 Å². The molecule has 2 amide bonds. The molecular weight excluding hydrogens is 474 g/mol. The Hall–Kier alpha value is -3.65. The number of carbonyl (C=O) groups is 2. The fourth-order valence-electron chi connectivity index (χ4n) is 3.95. The van der Waals surface area contributed by atoms with E-state index in [1.807, 2.05) is 51.1 Å². The molecule has 0 saturated heterocycles. The summed E-state index contributed by atoms with van der Waals surface area (Å²) in [7, 11) is -4.05. The Morgan fingerprint density at radius 2 is 1.44 bits per heavy atom. The minimum atomic E-state index is -4.05. The van der Waals surface area contributed by atoms with E-state index in [9.17, 15) is 18.0 Å². The standard InChI is InChI=1S/C28H33N3O4S/c1-4-26(28(33)29-5-2)30(20-23-12-8-6-9-13-23)27(32)21-31(24-14-10-7-11-15-24)36(34,35)25-18-16-22(3)17-19-25/h6-19,26H,4-5,20-21H2,1-3H3,(H,29,33). The predicted octanol–water partition coefficient (Wildman–Crippen LogP) is 4.13. The topological polar surface area (TPSA) is 86.8 Å². The Bertz CT molecular complexity index is 1250. The van der Waals surface area contributed by atoms with Crippen LogP contribution in [-0.4, -0.2) is 44.3 Å². The van der Waals surface area contributed by atoms with Gasteiger partial charge >= 0.3 is 0 Å². The van der Waals surface area contributed by atoms with Crippen LogP contribution in [0.1, 0.15) is 31.4 Å². The molecule has 0 saturated carbocycles. The Balaban J connectivity index is 2.02. The van der Waals surface area contributed by atoms with Crippen molar-refractivity contribution < 1.29 is 18.0 Å². The zero-order valence-electron chi connectivity index (χ0n) is 20.9. The average molecular weight is 508 g/mol. The smallest absolute Gasteiger partial charge is 0.264 e. The van der Waals surface area contributed by atoms with Crippen molar-refractivity contribution in [3.05, 3.63) is 96.1 Å². The molecule has 0 heterocycles. The molecule has 0 aromatic heterocycles. The largest absolute Gasteiger partial charge is 0.355 e. The number of hydrogen-bond donors (Lipinski definition) is 1. The molecule has 8 heteroatoms. The minimum absolute atomic E-state index is 0.0927. The first kappa shape index (κ1) is 26.9. The lowest BCUT2D eigenvalue weighted by atomic mass is 10.1. The Morgan fingerprint density at radius 1 is 0.861 bits per heavy atom. The van der Waals surface area contributed by atoms with Crippen molar-refractivity contribution in [1.82, 2.24) is 10.2 Å². The summed E-state index contributed by atoms with van der Waals surface area (Å²) in [5, 5.41) is 2.80. The van der Waals surface area contributed by atoms with Gasteiger partial charge in [0.25, 0.3) is 10.0 Å². The van der Waals surface area contributed by atoms with Crippen molar-refractivity contribution in [2.75, 3.05) is 17.4 Å². The zero-order valence-corrected chi connectivity index (χ0v) is 21.7. The lowest BCUT2D eigenvalue weighted by Crippen LogP contribution is -2.52. The van der Waals surface area contributed by atoms with Crippen molar-refractivity contribution >= 4 is 27.5 Å². The minimum Gasteiger partial charge on any atom is -0.355 e. The van der Waals surface area contributed by atoms with Gasteiger partial charge in [-0.25, -0.2) is 8.42 Å². The fraction of sp³-hybridized carbons (Fsp3) is 0.286. The Morgan fingerprint density at radius 3 is 2.00 bits per heavy atom. The first-order valence-electron chi connectivity index (χ1n) is 12.0. The summed E-state index contributed by atoms with van der Waals surface area (Å²) in [6.45, 7) is 5.71. The van der Waals surface area contributed by atoms with Crippen LogP contribution in [0.5, 0.6) is 0 Å². The van der Waals surface area contributed by atoms with Gasteiger partial charge in [-0.2, -0.15) is 0 Å². The monoisotopic (exact) mass is 507 g/mol. The second-order valence-corrected chi connectivity index (χ2v) is 10.3. The molecule has 3 aromatic rings. The number of aryl methyl sites for hydroxylation is 1. The second kappa shape index (κ2) is 12.4. The molecule has 7 nitrogen and oxygen atoms in total. The molecule has 1 N–H and O–H groups in total. The third kappa shape index (κ3) is 6.51. The quantitative estimate of drug-likeness (QED) is 0.423. The molecule has 0 spiro atoms. The second-order valence-electron chi connectivity index (χ2n) is 8.49. The summed E-state index contributed by atoms with van der Waals surface area (Å²) >= 11 is 0. The zero-order chi connectivity index (χ0) is 26.1. The number of likely N-dealkylation sites (N-methyl/N-ethyl adjacent to an activating group) is 1. The highest BCUT2D eigenvalue weighted by Crippen LogP contribution is 2.25. The van der Waals surface area contributed by atoms with Crippen molar-refractivity contribution in [2.45, 2.75) is 44.7 Å². The number of para-hydroxylation sites is 1. The lowest BCUT2D eigenvalue weighted by Gasteiger charge is -2.33. The molecule has 3 aromatic carbocycles. The summed E-state index contributed by atoms with van der Waals surface area (Å²) in [5.74, 6) is -0.728. The highest BCUT2D eigenvalue weighted by Gasteiger charge is 2.33. The maximum absolute atomic E-state index is 13.8. The molecule has 1 unspecified atom stereocenters. The van der Waals surface area contributed by atoms with Gasteiger partial charge in [0.1, 0.15) is 12.6 Å². The van der Waals surface area contributed by atoms with Crippen LogP contribution in [0, 0.1) is 6.92 Å². The number of rotatable bonds is 11. The van der Waals surface area contributed by atoms with Gasteiger partial charge in [-0.3, -0.25) is 13.9 Å². The highest BCUT2D eigenvalue weighted by atomic mass is 32.2. The van der Waals surface area contributed by atoms with Crippen LogP contribution in [0.3, 0.4) is 0 Å². The van der Waals surface area contributed by atoms with Crippen molar-refractivity contribution in [2.24, 2.45) is 0 Å². The van der Waals surface area contributed by atoms with Crippen LogP contribution in [0.25, 0.3) is 0 Å². The van der Waals surface area contributed by atoms with Crippen LogP contribution < -0.4 is 9.62 Å². The highest BCUT2D eigenvalue weighted by molar-refractivity contribution is 7.92. The summed E-state index contributed by atoms with van der Waals surface area (Å²) in [6, 6.07) is 23.7. The van der Waals surface area contributed by atoms with E-state index >= 15 is 0 Å². The molecule has 0 aliphatic heterocycles. The van der Waals surface area contributed by atoms with Gasteiger partial charge in [0.15, 0.2) is 0 Å².